The van der Waals surface area contributed by atoms with Gasteiger partial charge in [-0.1, -0.05) is 12.1 Å². The van der Waals surface area contributed by atoms with Crippen LogP contribution in [-0.2, 0) is 0 Å². The molecule has 0 bridgehead atoms. The van der Waals surface area contributed by atoms with E-state index in [0.29, 0.717) is 13.3 Å². The molecule has 1 rings (SSSR count). The highest BCUT2D eigenvalue weighted by atomic mass is 16.5. The zero-order chi connectivity index (χ0) is 8.81. The molecule has 0 aliphatic carbocycles. The lowest BCUT2D eigenvalue weighted by molar-refractivity contribution is 0.342. The van der Waals surface area contributed by atoms with Gasteiger partial charge in [-0.05, 0) is 19.1 Å². The Morgan fingerprint density at radius 2 is 2.17 bits per heavy atom. The van der Waals surface area contributed by atoms with Gasteiger partial charge in [0.1, 0.15) is 5.75 Å². The first-order chi connectivity index (χ1) is 5.88. The predicted octanol–water partition coefficient (Wildman–Crippen LogP) is 1.41. The molecule has 0 atom stereocenters. The molecule has 3 heteroatoms. The van der Waals surface area contributed by atoms with Gasteiger partial charge in [0, 0.05) is 0 Å². The third-order valence-electron chi connectivity index (χ3n) is 1.48. The quantitative estimate of drug-likeness (QED) is 0.665. The van der Waals surface area contributed by atoms with E-state index in [1.165, 1.54) is 0 Å². The summed E-state index contributed by atoms with van der Waals surface area (Å²) in [5.74, 6) is 0.852. The second-order valence-corrected chi connectivity index (χ2v) is 2.31. The lowest BCUT2D eigenvalue weighted by Gasteiger charge is -2.09. The molecule has 0 spiro atoms. The molecule has 0 aromatic heterocycles. The van der Waals surface area contributed by atoms with Crippen molar-refractivity contribution in [3.05, 3.63) is 24.3 Å². The first-order valence-corrected chi connectivity index (χ1v) is 4.04. The summed E-state index contributed by atoms with van der Waals surface area (Å²) in [5, 5.41) is 3.01. The van der Waals surface area contributed by atoms with Gasteiger partial charge in [0.05, 0.1) is 19.0 Å². The van der Waals surface area contributed by atoms with E-state index in [9.17, 15) is 0 Å². The van der Waals surface area contributed by atoms with Crippen LogP contribution in [0.3, 0.4) is 0 Å². The normalized spacial score (nSPS) is 9.50. The molecule has 0 unspecified atom stereocenters. The Hall–Kier alpha value is -1.22. The fraction of sp³-hybridized carbons (Fsp3) is 0.333. The maximum atomic E-state index is 5.37. The maximum Gasteiger partial charge on any atom is 0.142 e. The Morgan fingerprint density at radius 1 is 1.42 bits per heavy atom. The van der Waals surface area contributed by atoms with Crippen molar-refractivity contribution in [1.29, 1.82) is 0 Å². The van der Waals surface area contributed by atoms with Crippen molar-refractivity contribution < 1.29 is 4.74 Å². The van der Waals surface area contributed by atoms with E-state index >= 15 is 0 Å². The van der Waals surface area contributed by atoms with Crippen molar-refractivity contribution in [2.75, 3.05) is 18.6 Å². The monoisotopic (exact) mass is 166 g/mol. The van der Waals surface area contributed by atoms with E-state index in [2.05, 4.69) is 5.32 Å². The van der Waals surface area contributed by atoms with E-state index < -0.39 is 0 Å². The second kappa shape index (κ2) is 4.62. The number of hydrogen-bond donors (Lipinski definition) is 2. The molecule has 0 aliphatic heterocycles. The Bertz CT molecular complexity index is 213. The topological polar surface area (TPSA) is 47.3 Å². The highest BCUT2D eigenvalue weighted by Gasteiger charge is 1.98. The molecule has 1 aromatic carbocycles. The van der Waals surface area contributed by atoms with Gasteiger partial charge in [0.25, 0.3) is 0 Å². The third-order valence-corrected chi connectivity index (χ3v) is 1.48. The van der Waals surface area contributed by atoms with Gasteiger partial charge in [-0.25, -0.2) is 0 Å². The van der Waals surface area contributed by atoms with E-state index in [1.54, 1.807) is 0 Å². The van der Waals surface area contributed by atoms with Crippen molar-refractivity contribution in [2.24, 2.45) is 5.73 Å². The Morgan fingerprint density at radius 3 is 2.83 bits per heavy atom. The number of rotatable bonds is 4. The molecule has 12 heavy (non-hydrogen) atoms. The van der Waals surface area contributed by atoms with E-state index in [-0.39, 0.29) is 0 Å². The number of hydrogen-bond acceptors (Lipinski definition) is 3. The average molecular weight is 166 g/mol. The van der Waals surface area contributed by atoms with Gasteiger partial charge in [0.2, 0.25) is 0 Å². The Labute approximate surface area is 72.5 Å². The lowest BCUT2D eigenvalue weighted by Crippen LogP contribution is -2.11. The summed E-state index contributed by atoms with van der Waals surface area (Å²) in [6.45, 7) is 3.05. The standard InChI is InChI=1S/C9H14N2O/c1-2-12-9-6-4-3-5-8(9)11-7-10/h3-6,11H,2,7,10H2,1H3. The number of anilines is 1. The summed E-state index contributed by atoms with van der Waals surface area (Å²) in [6.07, 6.45) is 0. The summed E-state index contributed by atoms with van der Waals surface area (Å²) < 4.78 is 5.37. The summed E-state index contributed by atoms with van der Waals surface area (Å²) in [4.78, 5) is 0. The summed E-state index contributed by atoms with van der Waals surface area (Å²) in [6, 6.07) is 7.74. The van der Waals surface area contributed by atoms with Gasteiger partial charge >= 0.3 is 0 Å². The predicted molar refractivity (Wildman–Crippen MR) is 50.3 cm³/mol. The van der Waals surface area contributed by atoms with Gasteiger partial charge in [0.15, 0.2) is 0 Å². The molecular weight excluding hydrogens is 152 g/mol. The minimum absolute atomic E-state index is 0.421. The molecule has 0 aliphatic rings. The molecule has 3 nitrogen and oxygen atoms in total. The van der Waals surface area contributed by atoms with Crippen LogP contribution < -0.4 is 15.8 Å². The summed E-state index contributed by atoms with van der Waals surface area (Å²) in [7, 11) is 0. The highest BCUT2D eigenvalue weighted by molar-refractivity contribution is 5.55. The molecule has 0 amide bonds. The smallest absolute Gasteiger partial charge is 0.142 e. The maximum absolute atomic E-state index is 5.37. The van der Waals surface area contributed by atoms with Crippen LogP contribution in [0.5, 0.6) is 5.75 Å². The molecule has 0 fully saturated rings. The minimum atomic E-state index is 0.421. The van der Waals surface area contributed by atoms with Crippen LogP contribution in [0.25, 0.3) is 0 Å². The SMILES string of the molecule is CCOc1ccccc1NCN. The lowest BCUT2D eigenvalue weighted by atomic mass is 10.3. The van der Waals surface area contributed by atoms with Crippen molar-refractivity contribution in [3.63, 3.8) is 0 Å². The van der Waals surface area contributed by atoms with Crippen molar-refractivity contribution in [1.82, 2.24) is 0 Å². The number of nitrogens with two attached hydrogens (primary N) is 1. The number of para-hydroxylation sites is 2. The number of ether oxygens (including phenoxy) is 1. The van der Waals surface area contributed by atoms with Gasteiger partial charge in [-0.15, -0.1) is 0 Å². The Balaban J connectivity index is 2.77. The first-order valence-electron chi connectivity index (χ1n) is 4.04. The van der Waals surface area contributed by atoms with E-state index in [0.717, 1.165) is 11.4 Å². The van der Waals surface area contributed by atoms with Gasteiger partial charge < -0.3 is 15.8 Å². The molecule has 0 saturated carbocycles. The average Bonchev–Trinajstić information content (AvgIpc) is 2.09. The zero-order valence-corrected chi connectivity index (χ0v) is 7.21. The number of nitrogens with one attached hydrogen (secondary N) is 1. The third kappa shape index (κ3) is 2.13. The molecule has 1 aromatic rings. The van der Waals surface area contributed by atoms with Crippen molar-refractivity contribution >= 4 is 5.69 Å². The number of benzene rings is 1. The first kappa shape index (κ1) is 8.87. The van der Waals surface area contributed by atoms with Gasteiger partial charge in [-0.3, -0.25) is 0 Å². The molecule has 3 N–H and O–H groups in total. The fourth-order valence-corrected chi connectivity index (χ4v) is 1.00. The highest BCUT2D eigenvalue weighted by Crippen LogP contribution is 2.22. The molecule has 0 saturated heterocycles. The van der Waals surface area contributed by atoms with E-state index in [1.807, 2.05) is 31.2 Å². The van der Waals surface area contributed by atoms with Gasteiger partial charge in [-0.2, -0.15) is 0 Å². The van der Waals surface area contributed by atoms with Crippen LogP contribution in [-0.4, -0.2) is 13.3 Å². The fourth-order valence-electron chi connectivity index (χ4n) is 1.00. The molecule has 0 radical (unpaired) electrons. The van der Waals surface area contributed by atoms with Crippen LogP contribution in [0, 0.1) is 0 Å². The van der Waals surface area contributed by atoms with Crippen LogP contribution in [0.4, 0.5) is 5.69 Å². The van der Waals surface area contributed by atoms with E-state index in [4.69, 9.17) is 10.5 Å². The Kier molecular flexibility index (Phi) is 3.41. The van der Waals surface area contributed by atoms with Crippen LogP contribution in [0.2, 0.25) is 0 Å². The summed E-state index contributed by atoms with van der Waals surface area (Å²) in [5.41, 5.74) is 6.31. The van der Waals surface area contributed by atoms with Crippen LogP contribution in [0.1, 0.15) is 6.92 Å². The molecular formula is C9H14N2O. The zero-order valence-electron chi connectivity index (χ0n) is 7.21. The molecule has 0 heterocycles. The largest absolute Gasteiger partial charge is 0.492 e. The van der Waals surface area contributed by atoms with Crippen LogP contribution in [0.15, 0.2) is 24.3 Å². The van der Waals surface area contributed by atoms with Crippen molar-refractivity contribution in [3.8, 4) is 5.75 Å². The summed E-state index contributed by atoms with van der Waals surface area (Å²) >= 11 is 0. The van der Waals surface area contributed by atoms with Crippen LogP contribution >= 0.6 is 0 Å². The second-order valence-electron chi connectivity index (χ2n) is 2.31. The van der Waals surface area contributed by atoms with Crippen molar-refractivity contribution in [2.45, 2.75) is 6.92 Å². The minimum Gasteiger partial charge on any atom is -0.492 e. The molecule has 66 valence electrons.